The van der Waals surface area contributed by atoms with Gasteiger partial charge >= 0.3 is 0 Å². The van der Waals surface area contributed by atoms with E-state index in [-0.39, 0.29) is 17.6 Å². The molecule has 0 bridgehead atoms. The molecule has 3 rings (SSSR count). The number of amides is 1. The molecule has 1 aromatic heterocycles. The number of carbonyl (C=O) groups is 1. The van der Waals surface area contributed by atoms with Crippen LogP contribution < -0.4 is 4.90 Å². The van der Waals surface area contributed by atoms with E-state index >= 15 is 0 Å². The van der Waals surface area contributed by atoms with Crippen molar-refractivity contribution in [3.63, 3.8) is 0 Å². The predicted octanol–water partition coefficient (Wildman–Crippen LogP) is 4.15. The molecule has 1 aromatic carbocycles. The average Bonchev–Trinajstić information content (AvgIpc) is 2.75. The van der Waals surface area contributed by atoms with Crippen molar-refractivity contribution in [1.29, 1.82) is 0 Å². The third-order valence-electron chi connectivity index (χ3n) is 5.34. The van der Waals surface area contributed by atoms with Crippen molar-refractivity contribution < 1.29 is 9.18 Å². The number of aromatic nitrogens is 2. The first-order valence-corrected chi connectivity index (χ1v) is 10.2. The maximum atomic E-state index is 13.1. The van der Waals surface area contributed by atoms with E-state index in [4.69, 9.17) is 0 Å². The molecule has 0 unspecified atom stereocenters. The summed E-state index contributed by atoms with van der Waals surface area (Å²) in [6.45, 7) is 7.32. The van der Waals surface area contributed by atoms with E-state index in [1.165, 1.54) is 12.1 Å². The number of hydrogen-bond donors (Lipinski definition) is 0. The topological polar surface area (TPSA) is 49.3 Å². The van der Waals surface area contributed by atoms with E-state index in [0.717, 1.165) is 56.4 Å². The highest BCUT2D eigenvalue weighted by molar-refractivity contribution is 5.79. The van der Waals surface area contributed by atoms with Crippen LogP contribution in [-0.4, -0.2) is 47.0 Å². The minimum absolute atomic E-state index is 0.00549. The van der Waals surface area contributed by atoms with Crippen LogP contribution in [0.3, 0.4) is 0 Å². The Morgan fingerprint density at radius 1 is 1.18 bits per heavy atom. The van der Waals surface area contributed by atoms with Crippen LogP contribution in [0.25, 0.3) is 11.1 Å². The van der Waals surface area contributed by atoms with Crippen molar-refractivity contribution in [3.8, 4) is 11.1 Å². The summed E-state index contributed by atoms with van der Waals surface area (Å²) in [5, 5.41) is 0. The summed E-state index contributed by atoms with van der Waals surface area (Å²) >= 11 is 0. The fourth-order valence-corrected chi connectivity index (χ4v) is 3.67. The fraction of sp³-hybridized carbons (Fsp3) is 0.500. The first-order chi connectivity index (χ1) is 13.6. The first-order valence-electron chi connectivity index (χ1n) is 10.2. The van der Waals surface area contributed by atoms with Crippen LogP contribution in [0, 0.1) is 11.7 Å². The summed E-state index contributed by atoms with van der Waals surface area (Å²) in [6, 6.07) is 6.31. The van der Waals surface area contributed by atoms with Crippen LogP contribution in [0.1, 0.15) is 39.5 Å². The average molecular weight is 384 g/mol. The van der Waals surface area contributed by atoms with Gasteiger partial charge in [0.25, 0.3) is 0 Å². The van der Waals surface area contributed by atoms with Gasteiger partial charge < -0.3 is 9.80 Å². The van der Waals surface area contributed by atoms with Crippen molar-refractivity contribution >= 4 is 11.9 Å². The van der Waals surface area contributed by atoms with E-state index in [1.807, 2.05) is 11.8 Å². The zero-order valence-corrected chi connectivity index (χ0v) is 16.8. The molecule has 0 N–H and O–H groups in total. The van der Waals surface area contributed by atoms with Gasteiger partial charge in [-0.3, -0.25) is 4.79 Å². The van der Waals surface area contributed by atoms with Gasteiger partial charge in [0.15, 0.2) is 0 Å². The van der Waals surface area contributed by atoms with Crippen LogP contribution >= 0.6 is 0 Å². The number of nitrogens with zero attached hydrogens (tertiary/aromatic N) is 4. The molecule has 0 radical (unpaired) electrons. The molecule has 1 fully saturated rings. The van der Waals surface area contributed by atoms with E-state index < -0.39 is 0 Å². The number of carbonyl (C=O) groups excluding carboxylic acids is 1. The number of hydrogen-bond acceptors (Lipinski definition) is 4. The maximum absolute atomic E-state index is 13.1. The highest BCUT2D eigenvalue weighted by Gasteiger charge is 2.29. The van der Waals surface area contributed by atoms with E-state index in [9.17, 15) is 9.18 Å². The molecule has 0 aliphatic carbocycles. The number of piperidine rings is 1. The van der Waals surface area contributed by atoms with Gasteiger partial charge in [0, 0.05) is 44.1 Å². The second-order valence-electron chi connectivity index (χ2n) is 7.34. The molecule has 28 heavy (non-hydrogen) atoms. The van der Waals surface area contributed by atoms with Crippen LogP contribution in [0.5, 0.6) is 0 Å². The number of rotatable bonds is 7. The zero-order chi connectivity index (χ0) is 19.9. The monoisotopic (exact) mass is 384 g/mol. The Labute approximate surface area is 166 Å². The summed E-state index contributed by atoms with van der Waals surface area (Å²) in [7, 11) is 0. The Morgan fingerprint density at radius 2 is 1.89 bits per heavy atom. The normalized spacial score (nSPS) is 16.8. The molecule has 1 atom stereocenters. The number of halogens is 1. The molecule has 2 aromatic rings. The standard InChI is InChI=1S/C22H29FN4O/c1-3-5-12-26(4-2)21(28)18-7-6-13-27(16-18)22-24-14-19(15-25-22)17-8-10-20(23)11-9-17/h8-11,14-15,18H,3-7,12-13,16H2,1-2H3/t18-/m1/s1. The molecular formula is C22H29FN4O. The Morgan fingerprint density at radius 3 is 2.54 bits per heavy atom. The molecule has 0 saturated carbocycles. The lowest BCUT2D eigenvalue weighted by Crippen LogP contribution is -2.45. The van der Waals surface area contributed by atoms with Gasteiger partial charge in [-0.25, -0.2) is 14.4 Å². The zero-order valence-electron chi connectivity index (χ0n) is 16.8. The number of benzene rings is 1. The smallest absolute Gasteiger partial charge is 0.227 e. The lowest BCUT2D eigenvalue weighted by atomic mass is 9.96. The molecular weight excluding hydrogens is 355 g/mol. The molecule has 150 valence electrons. The largest absolute Gasteiger partial charge is 0.343 e. The number of anilines is 1. The number of unbranched alkanes of at least 4 members (excludes halogenated alkanes) is 1. The van der Waals surface area contributed by atoms with Crippen molar-refractivity contribution in [1.82, 2.24) is 14.9 Å². The van der Waals surface area contributed by atoms with E-state index in [0.29, 0.717) is 12.5 Å². The second kappa shape index (κ2) is 9.62. The molecule has 1 aliphatic rings. The van der Waals surface area contributed by atoms with Crippen molar-refractivity contribution in [2.75, 3.05) is 31.1 Å². The first kappa shape index (κ1) is 20.2. The summed E-state index contributed by atoms with van der Waals surface area (Å²) in [5.41, 5.74) is 1.74. The lowest BCUT2D eigenvalue weighted by Gasteiger charge is -2.34. The fourth-order valence-electron chi connectivity index (χ4n) is 3.67. The minimum Gasteiger partial charge on any atom is -0.343 e. The Bertz CT molecular complexity index is 763. The van der Waals surface area contributed by atoms with Gasteiger partial charge in [0.2, 0.25) is 11.9 Å². The summed E-state index contributed by atoms with van der Waals surface area (Å²) < 4.78 is 13.1. The molecule has 1 aliphatic heterocycles. The van der Waals surface area contributed by atoms with Gasteiger partial charge in [-0.05, 0) is 43.9 Å². The summed E-state index contributed by atoms with van der Waals surface area (Å²) in [5.74, 6) is 0.653. The van der Waals surface area contributed by atoms with Gasteiger partial charge in [-0.1, -0.05) is 25.5 Å². The van der Waals surface area contributed by atoms with Crippen LogP contribution in [-0.2, 0) is 4.79 Å². The van der Waals surface area contributed by atoms with Crippen LogP contribution in [0.4, 0.5) is 10.3 Å². The summed E-state index contributed by atoms with van der Waals surface area (Å²) in [4.78, 5) is 26.0. The SMILES string of the molecule is CCCCN(CC)C(=O)[C@@H]1CCCN(c2ncc(-c3ccc(F)cc3)cn2)C1. The quantitative estimate of drug-likeness (QED) is 0.720. The molecule has 6 heteroatoms. The second-order valence-corrected chi connectivity index (χ2v) is 7.34. The molecule has 5 nitrogen and oxygen atoms in total. The third kappa shape index (κ3) is 4.86. The van der Waals surface area contributed by atoms with Crippen molar-refractivity contribution in [2.24, 2.45) is 5.92 Å². The Hall–Kier alpha value is -2.50. The minimum atomic E-state index is -0.259. The van der Waals surface area contributed by atoms with Crippen molar-refractivity contribution in [3.05, 3.63) is 42.5 Å². The molecule has 1 amide bonds. The van der Waals surface area contributed by atoms with Gasteiger partial charge in [-0.2, -0.15) is 0 Å². The highest BCUT2D eigenvalue weighted by Crippen LogP contribution is 2.24. The van der Waals surface area contributed by atoms with Gasteiger partial charge in [-0.15, -0.1) is 0 Å². The molecule has 0 spiro atoms. The van der Waals surface area contributed by atoms with E-state index in [1.54, 1.807) is 24.5 Å². The van der Waals surface area contributed by atoms with Gasteiger partial charge in [0.05, 0.1) is 5.92 Å². The molecule has 2 heterocycles. The highest BCUT2D eigenvalue weighted by atomic mass is 19.1. The molecule has 1 saturated heterocycles. The van der Waals surface area contributed by atoms with Crippen LogP contribution in [0.2, 0.25) is 0 Å². The summed E-state index contributed by atoms with van der Waals surface area (Å²) in [6.07, 6.45) is 7.55. The Balaban J connectivity index is 1.66. The van der Waals surface area contributed by atoms with Gasteiger partial charge in [0.1, 0.15) is 5.82 Å². The predicted molar refractivity (Wildman–Crippen MR) is 110 cm³/mol. The van der Waals surface area contributed by atoms with E-state index in [2.05, 4.69) is 21.8 Å². The van der Waals surface area contributed by atoms with Crippen molar-refractivity contribution in [2.45, 2.75) is 39.5 Å². The Kier molecular flexibility index (Phi) is 6.95. The maximum Gasteiger partial charge on any atom is 0.227 e. The third-order valence-corrected chi connectivity index (χ3v) is 5.34. The van der Waals surface area contributed by atoms with Crippen LogP contribution in [0.15, 0.2) is 36.7 Å². The lowest BCUT2D eigenvalue weighted by molar-refractivity contribution is -0.135.